The molecule has 1 aliphatic heterocycles. The second-order valence-electron chi connectivity index (χ2n) is 4.78. The van der Waals surface area contributed by atoms with E-state index >= 15 is 0 Å². The normalized spacial score (nSPS) is 16.7. The van der Waals surface area contributed by atoms with Gasteiger partial charge in [0.15, 0.2) is 0 Å². The van der Waals surface area contributed by atoms with Gasteiger partial charge in [-0.15, -0.1) is 0 Å². The summed E-state index contributed by atoms with van der Waals surface area (Å²) < 4.78 is 17.7. The van der Waals surface area contributed by atoms with Crippen molar-refractivity contribution in [1.29, 1.82) is 0 Å². The molecule has 0 saturated heterocycles. The molecule has 0 aliphatic carbocycles. The first-order valence-electron chi connectivity index (χ1n) is 6.28. The van der Waals surface area contributed by atoms with E-state index in [1.165, 1.54) is 13.0 Å². The molecule has 1 aromatic rings. The van der Waals surface area contributed by atoms with Crippen molar-refractivity contribution in [3.05, 3.63) is 35.1 Å². The zero-order chi connectivity index (χ0) is 15.7. The summed E-state index contributed by atoms with van der Waals surface area (Å²) in [4.78, 5) is 36.7. The Kier molecular flexibility index (Phi) is 4.04. The quantitative estimate of drug-likeness (QED) is 0.649. The number of carbonyl (C=O) groups is 3. The number of carbonyl (C=O) groups excluding carboxylic acids is 3. The summed E-state index contributed by atoms with van der Waals surface area (Å²) in [6.07, 6.45) is -1.10. The molecule has 2 amide bonds. The minimum absolute atomic E-state index is 0.0470. The lowest BCUT2D eigenvalue weighted by Gasteiger charge is -2.22. The molecule has 1 aromatic carbocycles. The molecule has 1 N–H and O–H groups in total. The lowest BCUT2D eigenvalue weighted by Crippen LogP contribution is -2.41. The van der Waals surface area contributed by atoms with Crippen LogP contribution in [-0.4, -0.2) is 47.5 Å². The highest BCUT2D eigenvalue weighted by Gasteiger charge is 2.39. The number of amides is 2. The summed E-state index contributed by atoms with van der Waals surface area (Å²) in [6.45, 7) is 1.04. The average Bonchev–Trinajstić information content (AvgIpc) is 2.67. The van der Waals surface area contributed by atoms with Crippen LogP contribution in [0.3, 0.4) is 0 Å². The van der Waals surface area contributed by atoms with Crippen LogP contribution in [-0.2, 0) is 9.53 Å². The first-order valence-corrected chi connectivity index (χ1v) is 6.28. The van der Waals surface area contributed by atoms with Crippen LogP contribution in [0.5, 0.6) is 0 Å². The van der Waals surface area contributed by atoms with Gasteiger partial charge in [-0.2, -0.15) is 0 Å². The molecule has 0 saturated carbocycles. The Bertz CT molecular complexity index is 613. The standard InChI is InChI=1S/C14H14FNO5/c1-7(17)11(14(20)21-2)6-16-12(18)9-4-3-8(15)5-10(9)13(16)19/h3-5,7,11,17H,6H2,1-2H3/t7-,11+/m1/s1. The van der Waals surface area contributed by atoms with Crippen LogP contribution >= 0.6 is 0 Å². The molecular formula is C14H14FNO5. The molecule has 6 nitrogen and oxygen atoms in total. The minimum Gasteiger partial charge on any atom is -0.469 e. The molecule has 0 bridgehead atoms. The highest BCUT2D eigenvalue weighted by Crippen LogP contribution is 2.25. The summed E-state index contributed by atoms with van der Waals surface area (Å²) in [5.41, 5.74) is 0.0322. The summed E-state index contributed by atoms with van der Waals surface area (Å²) in [7, 11) is 1.15. The van der Waals surface area contributed by atoms with Crippen LogP contribution < -0.4 is 0 Å². The first kappa shape index (κ1) is 15.1. The van der Waals surface area contributed by atoms with Gasteiger partial charge in [-0.05, 0) is 25.1 Å². The zero-order valence-corrected chi connectivity index (χ0v) is 11.5. The molecule has 1 heterocycles. The van der Waals surface area contributed by atoms with Gasteiger partial charge in [-0.25, -0.2) is 4.39 Å². The molecule has 21 heavy (non-hydrogen) atoms. The third kappa shape index (κ3) is 2.64. The molecule has 7 heteroatoms. The van der Waals surface area contributed by atoms with E-state index in [0.717, 1.165) is 24.1 Å². The molecule has 0 aromatic heterocycles. The summed E-state index contributed by atoms with van der Waals surface area (Å²) in [6, 6.07) is 3.28. The minimum atomic E-state index is -1.10. The third-order valence-electron chi connectivity index (χ3n) is 3.40. The fourth-order valence-electron chi connectivity index (χ4n) is 2.20. The summed E-state index contributed by atoms with van der Waals surface area (Å²) in [5, 5.41) is 9.60. The maximum atomic E-state index is 13.2. The fraction of sp³-hybridized carbons (Fsp3) is 0.357. The van der Waals surface area contributed by atoms with Gasteiger partial charge in [0.25, 0.3) is 11.8 Å². The van der Waals surface area contributed by atoms with E-state index in [1.54, 1.807) is 0 Å². The molecule has 0 spiro atoms. The number of hydrogen-bond donors (Lipinski definition) is 1. The van der Waals surface area contributed by atoms with Gasteiger partial charge in [0, 0.05) is 6.54 Å². The van der Waals surface area contributed by atoms with Crippen LogP contribution in [0.1, 0.15) is 27.6 Å². The molecule has 2 atom stereocenters. The molecule has 0 radical (unpaired) electrons. The van der Waals surface area contributed by atoms with Gasteiger partial charge in [0.2, 0.25) is 0 Å². The van der Waals surface area contributed by atoms with Gasteiger partial charge in [-0.1, -0.05) is 0 Å². The molecule has 0 fully saturated rings. The topological polar surface area (TPSA) is 83.9 Å². The Morgan fingerprint density at radius 1 is 1.33 bits per heavy atom. The maximum Gasteiger partial charge on any atom is 0.313 e. The van der Waals surface area contributed by atoms with Gasteiger partial charge in [0.1, 0.15) is 11.7 Å². The number of benzene rings is 1. The molecule has 1 aliphatic rings. The number of aliphatic hydroxyl groups excluding tert-OH is 1. The van der Waals surface area contributed by atoms with Crippen molar-refractivity contribution >= 4 is 17.8 Å². The van der Waals surface area contributed by atoms with Crippen molar-refractivity contribution in [3.8, 4) is 0 Å². The number of methoxy groups -OCH3 is 1. The molecule has 0 unspecified atom stereocenters. The second-order valence-corrected chi connectivity index (χ2v) is 4.78. The van der Waals surface area contributed by atoms with E-state index in [4.69, 9.17) is 0 Å². The van der Waals surface area contributed by atoms with Gasteiger partial charge in [0.05, 0.1) is 24.3 Å². The highest BCUT2D eigenvalue weighted by molar-refractivity contribution is 6.21. The molecular weight excluding hydrogens is 281 g/mol. The van der Waals surface area contributed by atoms with Gasteiger partial charge >= 0.3 is 5.97 Å². The first-order chi connectivity index (χ1) is 9.86. The van der Waals surface area contributed by atoms with E-state index in [-0.39, 0.29) is 17.7 Å². The van der Waals surface area contributed by atoms with Crippen molar-refractivity contribution in [2.45, 2.75) is 13.0 Å². The summed E-state index contributed by atoms with van der Waals surface area (Å²) >= 11 is 0. The van der Waals surface area contributed by atoms with Crippen LogP contribution in [0, 0.1) is 11.7 Å². The van der Waals surface area contributed by atoms with Crippen molar-refractivity contribution < 1.29 is 28.6 Å². The Hall–Kier alpha value is -2.28. The highest BCUT2D eigenvalue weighted by atomic mass is 19.1. The Labute approximate surface area is 120 Å². The van der Waals surface area contributed by atoms with Crippen molar-refractivity contribution in [2.24, 2.45) is 5.92 Å². The molecule has 112 valence electrons. The number of ether oxygens (including phenoxy) is 1. The van der Waals surface area contributed by atoms with E-state index in [9.17, 15) is 23.9 Å². The number of rotatable bonds is 4. The van der Waals surface area contributed by atoms with Crippen LogP contribution in [0.15, 0.2) is 18.2 Å². The van der Waals surface area contributed by atoms with E-state index in [2.05, 4.69) is 4.74 Å². The Morgan fingerprint density at radius 3 is 2.52 bits per heavy atom. The van der Waals surface area contributed by atoms with Gasteiger partial charge in [-0.3, -0.25) is 19.3 Å². The SMILES string of the molecule is COC(=O)[C@@H](CN1C(=O)c2ccc(F)cc2C1=O)[C@@H](C)O. The Morgan fingerprint density at radius 2 is 1.95 bits per heavy atom. The number of aliphatic hydroxyl groups is 1. The third-order valence-corrected chi connectivity index (χ3v) is 3.40. The summed E-state index contributed by atoms with van der Waals surface area (Å²) in [5.74, 6) is -3.72. The predicted molar refractivity (Wildman–Crippen MR) is 69.0 cm³/mol. The lowest BCUT2D eigenvalue weighted by atomic mass is 10.0. The number of fused-ring (bicyclic) bond motifs is 1. The second kappa shape index (κ2) is 5.61. The number of halogens is 1. The van der Waals surface area contributed by atoms with Crippen molar-refractivity contribution in [3.63, 3.8) is 0 Å². The fourth-order valence-corrected chi connectivity index (χ4v) is 2.20. The number of nitrogens with zero attached hydrogens (tertiary/aromatic N) is 1. The van der Waals surface area contributed by atoms with E-state index in [0.29, 0.717) is 0 Å². The molecule has 2 rings (SSSR count). The predicted octanol–water partition coefficient (Wildman–Crippen LogP) is 0.592. The van der Waals surface area contributed by atoms with Crippen molar-refractivity contribution in [1.82, 2.24) is 4.90 Å². The number of hydrogen-bond acceptors (Lipinski definition) is 5. The Balaban J connectivity index is 2.29. The maximum absolute atomic E-state index is 13.2. The monoisotopic (exact) mass is 295 g/mol. The van der Waals surface area contributed by atoms with E-state index in [1.807, 2.05) is 0 Å². The smallest absolute Gasteiger partial charge is 0.313 e. The van der Waals surface area contributed by atoms with E-state index < -0.39 is 35.6 Å². The van der Waals surface area contributed by atoms with Crippen LogP contribution in [0.4, 0.5) is 4.39 Å². The average molecular weight is 295 g/mol. The van der Waals surface area contributed by atoms with Crippen LogP contribution in [0.25, 0.3) is 0 Å². The number of imide groups is 1. The van der Waals surface area contributed by atoms with Gasteiger partial charge < -0.3 is 9.84 Å². The van der Waals surface area contributed by atoms with Crippen LogP contribution in [0.2, 0.25) is 0 Å². The lowest BCUT2D eigenvalue weighted by molar-refractivity contribution is -0.149. The largest absolute Gasteiger partial charge is 0.469 e. The zero-order valence-electron chi connectivity index (χ0n) is 11.5. The number of esters is 1. The van der Waals surface area contributed by atoms with Crippen molar-refractivity contribution in [2.75, 3.05) is 13.7 Å².